The van der Waals surface area contributed by atoms with E-state index < -0.39 is 0 Å². The minimum absolute atomic E-state index is 0.406. The zero-order chi connectivity index (χ0) is 9.52. The Morgan fingerprint density at radius 3 is 2.77 bits per heavy atom. The monoisotopic (exact) mass is 250 g/mol. The highest BCUT2D eigenvalue weighted by molar-refractivity contribution is 9.09. The lowest BCUT2D eigenvalue weighted by atomic mass is 9.95. The molecule has 1 atom stereocenters. The van der Waals surface area contributed by atoms with E-state index in [0.29, 0.717) is 12.0 Å². The van der Waals surface area contributed by atoms with Crippen molar-refractivity contribution < 1.29 is 9.47 Å². The van der Waals surface area contributed by atoms with E-state index in [1.807, 2.05) is 0 Å². The summed E-state index contributed by atoms with van der Waals surface area (Å²) in [6, 6.07) is 0. The molecule has 1 rings (SSSR count). The molecular formula is C10H19BrO2. The van der Waals surface area contributed by atoms with Gasteiger partial charge in [-0.25, -0.2) is 0 Å². The first-order valence-electron chi connectivity index (χ1n) is 5.10. The standard InChI is InChI=1S/C10H19BrO2/c1-9(13-6-2-5-11)10-3-7-12-8-4-10/h9-10H,2-8H2,1H3. The van der Waals surface area contributed by atoms with Crippen LogP contribution in [0.3, 0.4) is 0 Å². The van der Waals surface area contributed by atoms with Gasteiger partial charge in [-0.2, -0.15) is 0 Å². The Morgan fingerprint density at radius 2 is 2.15 bits per heavy atom. The van der Waals surface area contributed by atoms with Crippen LogP contribution in [-0.2, 0) is 9.47 Å². The largest absolute Gasteiger partial charge is 0.381 e. The van der Waals surface area contributed by atoms with Crippen molar-refractivity contribution in [2.24, 2.45) is 5.92 Å². The lowest BCUT2D eigenvalue weighted by Gasteiger charge is -2.27. The average Bonchev–Trinajstić information content (AvgIpc) is 2.19. The van der Waals surface area contributed by atoms with E-state index in [-0.39, 0.29) is 0 Å². The van der Waals surface area contributed by atoms with Gasteiger partial charge in [0.25, 0.3) is 0 Å². The van der Waals surface area contributed by atoms with Crippen LogP contribution in [0.1, 0.15) is 26.2 Å². The molecule has 1 aliphatic heterocycles. The quantitative estimate of drug-likeness (QED) is 0.552. The third-order valence-electron chi connectivity index (χ3n) is 2.59. The molecule has 0 saturated carbocycles. The second kappa shape index (κ2) is 6.80. The number of alkyl halides is 1. The Bertz CT molecular complexity index is 124. The number of halogens is 1. The van der Waals surface area contributed by atoms with E-state index in [1.54, 1.807) is 0 Å². The van der Waals surface area contributed by atoms with Crippen LogP contribution in [0.5, 0.6) is 0 Å². The maximum atomic E-state index is 5.74. The fourth-order valence-electron chi connectivity index (χ4n) is 1.65. The van der Waals surface area contributed by atoms with Crippen molar-refractivity contribution >= 4 is 15.9 Å². The first kappa shape index (κ1) is 11.5. The molecule has 0 radical (unpaired) electrons. The van der Waals surface area contributed by atoms with Crippen LogP contribution < -0.4 is 0 Å². The molecule has 1 saturated heterocycles. The van der Waals surface area contributed by atoms with Crippen LogP contribution in [0.2, 0.25) is 0 Å². The highest BCUT2D eigenvalue weighted by Gasteiger charge is 2.20. The molecule has 0 bridgehead atoms. The van der Waals surface area contributed by atoms with Crippen molar-refractivity contribution in [3.63, 3.8) is 0 Å². The molecular weight excluding hydrogens is 232 g/mol. The molecule has 1 heterocycles. The number of hydrogen-bond donors (Lipinski definition) is 0. The topological polar surface area (TPSA) is 18.5 Å². The van der Waals surface area contributed by atoms with Gasteiger partial charge in [-0.15, -0.1) is 0 Å². The highest BCUT2D eigenvalue weighted by atomic mass is 79.9. The smallest absolute Gasteiger partial charge is 0.0576 e. The van der Waals surface area contributed by atoms with Gasteiger partial charge in [0.1, 0.15) is 0 Å². The molecule has 13 heavy (non-hydrogen) atoms. The van der Waals surface area contributed by atoms with Crippen molar-refractivity contribution in [1.82, 2.24) is 0 Å². The first-order chi connectivity index (χ1) is 6.34. The molecule has 3 heteroatoms. The molecule has 2 nitrogen and oxygen atoms in total. The van der Waals surface area contributed by atoms with Crippen LogP contribution in [0.25, 0.3) is 0 Å². The summed E-state index contributed by atoms with van der Waals surface area (Å²) in [4.78, 5) is 0. The third-order valence-corrected chi connectivity index (χ3v) is 3.15. The zero-order valence-electron chi connectivity index (χ0n) is 8.30. The Kier molecular flexibility index (Phi) is 6.00. The van der Waals surface area contributed by atoms with E-state index in [2.05, 4.69) is 22.9 Å². The van der Waals surface area contributed by atoms with Crippen molar-refractivity contribution in [3.8, 4) is 0 Å². The fourth-order valence-corrected chi connectivity index (χ4v) is 1.87. The Balaban J connectivity index is 2.09. The fraction of sp³-hybridized carbons (Fsp3) is 1.00. The normalized spacial score (nSPS) is 21.7. The van der Waals surface area contributed by atoms with Crippen LogP contribution >= 0.6 is 15.9 Å². The lowest BCUT2D eigenvalue weighted by Crippen LogP contribution is -2.27. The van der Waals surface area contributed by atoms with Gasteiger partial charge < -0.3 is 9.47 Å². The molecule has 1 fully saturated rings. The van der Waals surface area contributed by atoms with Crippen molar-refractivity contribution in [2.45, 2.75) is 32.3 Å². The summed E-state index contributed by atoms with van der Waals surface area (Å²) in [5.41, 5.74) is 0. The number of ether oxygens (including phenoxy) is 2. The van der Waals surface area contributed by atoms with Gasteiger partial charge in [-0.1, -0.05) is 15.9 Å². The first-order valence-corrected chi connectivity index (χ1v) is 6.22. The Labute approximate surface area is 89.1 Å². The van der Waals surface area contributed by atoms with Crippen LogP contribution in [0.4, 0.5) is 0 Å². The molecule has 0 spiro atoms. The molecule has 0 aromatic rings. The maximum absolute atomic E-state index is 5.74. The van der Waals surface area contributed by atoms with Gasteiger partial charge in [0, 0.05) is 25.2 Å². The van der Waals surface area contributed by atoms with Gasteiger partial charge in [0.15, 0.2) is 0 Å². The molecule has 0 N–H and O–H groups in total. The molecule has 1 unspecified atom stereocenters. The Morgan fingerprint density at radius 1 is 1.46 bits per heavy atom. The summed E-state index contributed by atoms with van der Waals surface area (Å²) in [6.45, 7) is 4.89. The summed E-state index contributed by atoms with van der Waals surface area (Å²) in [5.74, 6) is 0.712. The van der Waals surface area contributed by atoms with Gasteiger partial charge in [-0.3, -0.25) is 0 Å². The van der Waals surface area contributed by atoms with E-state index in [4.69, 9.17) is 9.47 Å². The highest BCUT2D eigenvalue weighted by Crippen LogP contribution is 2.20. The van der Waals surface area contributed by atoms with Crippen molar-refractivity contribution in [2.75, 3.05) is 25.2 Å². The predicted molar refractivity (Wildman–Crippen MR) is 57.4 cm³/mol. The molecule has 0 aromatic carbocycles. The Hall–Kier alpha value is 0.400. The van der Waals surface area contributed by atoms with E-state index >= 15 is 0 Å². The van der Waals surface area contributed by atoms with Gasteiger partial charge in [0.2, 0.25) is 0 Å². The molecule has 0 aliphatic carbocycles. The molecule has 78 valence electrons. The summed E-state index contributed by atoms with van der Waals surface area (Å²) < 4.78 is 11.0. The van der Waals surface area contributed by atoms with Crippen molar-refractivity contribution in [1.29, 1.82) is 0 Å². The van der Waals surface area contributed by atoms with Crippen LogP contribution in [-0.4, -0.2) is 31.3 Å². The summed E-state index contributed by atoms with van der Waals surface area (Å²) >= 11 is 3.40. The number of hydrogen-bond acceptors (Lipinski definition) is 2. The van der Waals surface area contributed by atoms with E-state index in [9.17, 15) is 0 Å². The molecule has 0 amide bonds. The summed E-state index contributed by atoms with van der Waals surface area (Å²) in [5, 5.41) is 1.04. The second-order valence-corrected chi connectivity index (χ2v) is 4.36. The minimum atomic E-state index is 0.406. The maximum Gasteiger partial charge on any atom is 0.0576 e. The van der Waals surface area contributed by atoms with Gasteiger partial charge in [0.05, 0.1) is 6.10 Å². The van der Waals surface area contributed by atoms with Crippen LogP contribution in [0.15, 0.2) is 0 Å². The summed E-state index contributed by atoms with van der Waals surface area (Å²) in [6.07, 6.45) is 3.83. The van der Waals surface area contributed by atoms with E-state index in [1.165, 1.54) is 0 Å². The average molecular weight is 251 g/mol. The number of rotatable bonds is 5. The van der Waals surface area contributed by atoms with Crippen molar-refractivity contribution in [3.05, 3.63) is 0 Å². The van der Waals surface area contributed by atoms with E-state index in [0.717, 1.165) is 44.4 Å². The zero-order valence-corrected chi connectivity index (χ0v) is 9.88. The second-order valence-electron chi connectivity index (χ2n) is 3.57. The SMILES string of the molecule is CC(OCCCBr)C1CCOCC1. The minimum Gasteiger partial charge on any atom is -0.381 e. The third kappa shape index (κ3) is 4.43. The summed E-state index contributed by atoms with van der Waals surface area (Å²) in [7, 11) is 0. The van der Waals surface area contributed by atoms with Crippen LogP contribution in [0, 0.1) is 5.92 Å². The van der Waals surface area contributed by atoms with Gasteiger partial charge in [-0.05, 0) is 32.1 Å². The molecule has 1 aliphatic rings. The van der Waals surface area contributed by atoms with Gasteiger partial charge >= 0.3 is 0 Å². The predicted octanol–water partition coefficient (Wildman–Crippen LogP) is 2.60. The lowest BCUT2D eigenvalue weighted by molar-refractivity contribution is -0.0243. The molecule has 0 aromatic heterocycles.